The summed E-state index contributed by atoms with van der Waals surface area (Å²) in [6.45, 7) is 1.14. The Balaban J connectivity index is 2.03. The van der Waals surface area contributed by atoms with Gasteiger partial charge in [0.1, 0.15) is 23.1 Å². The molecule has 1 atom stereocenters. The summed E-state index contributed by atoms with van der Waals surface area (Å²) in [5.41, 5.74) is 1.09. The van der Waals surface area contributed by atoms with Gasteiger partial charge in [0.25, 0.3) is 0 Å². The van der Waals surface area contributed by atoms with Crippen molar-refractivity contribution in [2.75, 3.05) is 32.3 Å². The largest absolute Gasteiger partial charge is 0.486 e. The van der Waals surface area contributed by atoms with Gasteiger partial charge in [-0.3, -0.25) is 0 Å². The van der Waals surface area contributed by atoms with E-state index in [1.807, 2.05) is 25.2 Å². The number of fused-ring (bicyclic) bond motifs is 1. The molecule has 0 radical (unpaired) electrons. The molecule has 5 nitrogen and oxygen atoms in total. The molecule has 2 rings (SSSR count). The minimum Gasteiger partial charge on any atom is -0.486 e. The first-order valence-electron chi connectivity index (χ1n) is 6.74. The van der Waals surface area contributed by atoms with Gasteiger partial charge in [0.15, 0.2) is 11.5 Å². The first-order chi connectivity index (χ1) is 9.49. The van der Waals surface area contributed by atoms with Crippen molar-refractivity contribution in [2.24, 2.45) is 0 Å². The highest BCUT2D eigenvalue weighted by Gasteiger charge is 2.16. The van der Waals surface area contributed by atoms with Crippen LogP contribution in [0.15, 0.2) is 18.2 Å². The highest BCUT2D eigenvalue weighted by Crippen LogP contribution is 2.33. The Morgan fingerprint density at radius 1 is 1.25 bits per heavy atom. The van der Waals surface area contributed by atoms with Crippen LogP contribution in [0.1, 0.15) is 24.4 Å². The highest BCUT2D eigenvalue weighted by atomic mass is 32.2. The Kier molecular flexibility index (Phi) is 4.88. The Hall–Kier alpha value is -1.27. The summed E-state index contributed by atoms with van der Waals surface area (Å²) >= 11 is 0. The van der Waals surface area contributed by atoms with E-state index in [1.165, 1.54) is 6.26 Å². The predicted octanol–water partition coefficient (Wildman–Crippen LogP) is 1.54. The zero-order chi connectivity index (χ0) is 14.6. The number of rotatable bonds is 6. The minimum atomic E-state index is -2.90. The quantitative estimate of drug-likeness (QED) is 0.863. The maximum Gasteiger partial charge on any atom is 0.161 e. The molecule has 0 fully saturated rings. The van der Waals surface area contributed by atoms with Gasteiger partial charge in [-0.2, -0.15) is 0 Å². The number of hydrogen-bond acceptors (Lipinski definition) is 5. The lowest BCUT2D eigenvalue weighted by atomic mass is 10.0. The van der Waals surface area contributed by atoms with Gasteiger partial charge in [-0.1, -0.05) is 6.07 Å². The van der Waals surface area contributed by atoms with Gasteiger partial charge < -0.3 is 14.8 Å². The van der Waals surface area contributed by atoms with Crippen LogP contribution < -0.4 is 14.8 Å². The minimum absolute atomic E-state index is 0.118. The molecule has 0 spiro atoms. The zero-order valence-electron chi connectivity index (χ0n) is 11.9. The van der Waals surface area contributed by atoms with E-state index in [2.05, 4.69) is 5.32 Å². The average molecular weight is 299 g/mol. The number of benzene rings is 1. The summed E-state index contributed by atoms with van der Waals surface area (Å²) in [7, 11) is -1.02. The molecular weight excluding hydrogens is 278 g/mol. The molecule has 20 heavy (non-hydrogen) atoms. The number of nitrogens with one attached hydrogen (secondary N) is 1. The Bertz CT molecular complexity index is 556. The molecule has 112 valence electrons. The topological polar surface area (TPSA) is 64.6 Å². The van der Waals surface area contributed by atoms with Crippen molar-refractivity contribution in [1.29, 1.82) is 0 Å². The van der Waals surface area contributed by atoms with Crippen LogP contribution in [0.25, 0.3) is 0 Å². The predicted molar refractivity (Wildman–Crippen MR) is 78.2 cm³/mol. The van der Waals surface area contributed by atoms with Gasteiger partial charge in [-0.05, 0) is 37.6 Å². The van der Waals surface area contributed by atoms with E-state index in [0.29, 0.717) is 19.6 Å². The van der Waals surface area contributed by atoms with Gasteiger partial charge in [0, 0.05) is 18.1 Å². The lowest BCUT2D eigenvalue weighted by Gasteiger charge is -2.22. The molecule has 1 heterocycles. The summed E-state index contributed by atoms with van der Waals surface area (Å²) in [6.07, 6.45) is 2.67. The third-order valence-corrected chi connectivity index (χ3v) is 4.36. The van der Waals surface area contributed by atoms with E-state index in [-0.39, 0.29) is 11.8 Å². The van der Waals surface area contributed by atoms with E-state index < -0.39 is 9.84 Å². The molecule has 6 heteroatoms. The molecule has 0 bridgehead atoms. The lowest BCUT2D eigenvalue weighted by molar-refractivity contribution is 0.171. The van der Waals surface area contributed by atoms with E-state index in [1.54, 1.807) is 0 Å². The van der Waals surface area contributed by atoms with Crippen LogP contribution in [0.2, 0.25) is 0 Å². The summed E-state index contributed by atoms with van der Waals surface area (Å²) in [4.78, 5) is 0. The molecule has 0 saturated heterocycles. The fraction of sp³-hybridized carbons (Fsp3) is 0.571. The van der Waals surface area contributed by atoms with Crippen LogP contribution in [-0.4, -0.2) is 40.7 Å². The normalized spacial score (nSPS) is 15.9. The lowest BCUT2D eigenvalue weighted by Crippen LogP contribution is -2.19. The summed E-state index contributed by atoms with van der Waals surface area (Å²) in [6, 6.07) is 5.99. The van der Waals surface area contributed by atoms with Crippen molar-refractivity contribution in [3.63, 3.8) is 0 Å². The van der Waals surface area contributed by atoms with Gasteiger partial charge >= 0.3 is 0 Å². The fourth-order valence-electron chi connectivity index (χ4n) is 2.30. The first kappa shape index (κ1) is 15.1. The molecule has 1 aliphatic heterocycles. The van der Waals surface area contributed by atoms with Gasteiger partial charge in [-0.15, -0.1) is 0 Å². The van der Waals surface area contributed by atoms with Crippen LogP contribution in [-0.2, 0) is 9.84 Å². The van der Waals surface area contributed by atoms with Gasteiger partial charge in [0.05, 0.1) is 0 Å². The second-order valence-corrected chi connectivity index (χ2v) is 7.28. The van der Waals surface area contributed by atoms with Crippen molar-refractivity contribution in [1.82, 2.24) is 5.32 Å². The molecule has 1 N–H and O–H groups in total. The fourth-order valence-corrected chi connectivity index (χ4v) is 3.00. The molecule has 1 aliphatic rings. The summed E-state index contributed by atoms with van der Waals surface area (Å²) in [5.74, 6) is 1.75. The first-order valence-corrected chi connectivity index (χ1v) is 8.80. The molecule has 0 saturated carbocycles. The number of ether oxygens (including phenoxy) is 2. The molecule has 1 unspecified atom stereocenters. The third-order valence-electron chi connectivity index (χ3n) is 3.32. The SMILES string of the molecule is CNC(CCCS(C)(=O)=O)c1ccc2c(c1)OCCO2. The van der Waals surface area contributed by atoms with Crippen LogP contribution >= 0.6 is 0 Å². The monoisotopic (exact) mass is 299 g/mol. The van der Waals surface area contributed by atoms with Crippen LogP contribution in [0, 0.1) is 0 Å². The van der Waals surface area contributed by atoms with E-state index >= 15 is 0 Å². The maximum atomic E-state index is 11.2. The van der Waals surface area contributed by atoms with E-state index in [4.69, 9.17) is 9.47 Å². The summed E-state index contributed by atoms with van der Waals surface area (Å²) < 4.78 is 33.4. The van der Waals surface area contributed by atoms with Crippen LogP contribution in [0.5, 0.6) is 11.5 Å². The summed E-state index contributed by atoms with van der Waals surface area (Å²) in [5, 5.41) is 3.22. The Morgan fingerprint density at radius 3 is 2.60 bits per heavy atom. The highest BCUT2D eigenvalue weighted by molar-refractivity contribution is 7.90. The average Bonchev–Trinajstić information content (AvgIpc) is 2.42. The van der Waals surface area contributed by atoms with Crippen molar-refractivity contribution in [3.05, 3.63) is 23.8 Å². The molecule has 0 amide bonds. The smallest absolute Gasteiger partial charge is 0.161 e. The Labute approximate surface area is 120 Å². The van der Waals surface area contributed by atoms with E-state index in [9.17, 15) is 8.42 Å². The van der Waals surface area contributed by atoms with E-state index in [0.717, 1.165) is 23.5 Å². The zero-order valence-corrected chi connectivity index (χ0v) is 12.7. The molecule has 1 aromatic rings. The van der Waals surface area contributed by atoms with Crippen molar-refractivity contribution in [2.45, 2.75) is 18.9 Å². The maximum absolute atomic E-state index is 11.2. The number of hydrogen-bond donors (Lipinski definition) is 1. The molecule has 0 aliphatic carbocycles. The second kappa shape index (κ2) is 6.45. The second-order valence-electron chi connectivity index (χ2n) is 5.02. The molecule has 1 aromatic carbocycles. The van der Waals surface area contributed by atoms with Crippen LogP contribution in [0.3, 0.4) is 0 Å². The Morgan fingerprint density at radius 2 is 1.95 bits per heavy atom. The van der Waals surface area contributed by atoms with Crippen molar-refractivity contribution < 1.29 is 17.9 Å². The standard InChI is InChI=1S/C14H21NO4S/c1-15-12(4-3-9-20(2,16)17)11-5-6-13-14(10-11)19-8-7-18-13/h5-6,10,12,15H,3-4,7-9H2,1-2H3. The number of sulfone groups is 1. The van der Waals surface area contributed by atoms with Crippen molar-refractivity contribution >= 4 is 9.84 Å². The molecule has 0 aromatic heterocycles. The van der Waals surface area contributed by atoms with Gasteiger partial charge in [0.2, 0.25) is 0 Å². The van der Waals surface area contributed by atoms with Crippen molar-refractivity contribution in [3.8, 4) is 11.5 Å². The third kappa shape index (κ3) is 4.11. The molecular formula is C14H21NO4S. The van der Waals surface area contributed by atoms with Gasteiger partial charge in [-0.25, -0.2) is 8.42 Å². The van der Waals surface area contributed by atoms with Crippen LogP contribution in [0.4, 0.5) is 0 Å².